The Morgan fingerprint density at radius 2 is 1.68 bits per heavy atom. The molecule has 2 aromatic carbocycles. The summed E-state index contributed by atoms with van der Waals surface area (Å²) in [6, 6.07) is 12.3. The number of thiophene rings is 1. The Hall–Kier alpha value is -3.40. The SMILES string of the molecule is CCOC(=O)c1c(NC(=O)C(=O)N/N=C(\C)c2ccc(OCc3c(Cl)cccc3Cl)cc2)sc2c1CCCCC2. The summed E-state index contributed by atoms with van der Waals surface area (Å²) in [5.74, 6) is -1.76. The van der Waals surface area contributed by atoms with Crippen molar-refractivity contribution in [3.8, 4) is 5.75 Å². The van der Waals surface area contributed by atoms with E-state index in [4.69, 9.17) is 32.7 Å². The molecule has 2 amide bonds. The van der Waals surface area contributed by atoms with Gasteiger partial charge in [-0.05, 0) is 87.1 Å². The number of amides is 2. The number of carbonyl (C=O) groups excluding carboxylic acids is 3. The number of ether oxygens (including phenoxy) is 2. The largest absolute Gasteiger partial charge is 0.489 e. The molecule has 1 heterocycles. The van der Waals surface area contributed by atoms with Crippen LogP contribution >= 0.6 is 34.5 Å². The molecule has 1 aliphatic rings. The molecule has 1 aliphatic carbocycles. The molecule has 2 N–H and O–H groups in total. The van der Waals surface area contributed by atoms with Crippen LogP contribution in [0.4, 0.5) is 5.00 Å². The zero-order valence-corrected chi connectivity index (χ0v) is 24.5. The van der Waals surface area contributed by atoms with Crippen molar-refractivity contribution in [2.45, 2.75) is 52.6 Å². The van der Waals surface area contributed by atoms with E-state index < -0.39 is 17.8 Å². The van der Waals surface area contributed by atoms with E-state index in [9.17, 15) is 14.4 Å². The van der Waals surface area contributed by atoms with E-state index in [0.717, 1.165) is 48.1 Å². The minimum absolute atomic E-state index is 0.210. The molecule has 210 valence electrons. The number of aryl methyl sites for hydroxylation is 1. The monoisotopic (exact) mass is 601 g/mol. The van der Waals surface area contributed by atoms with Crippen molar-refractivity contribution < 1.29 is 23.9 Å². The third-order valence-corrected chi connectivity index (χ3v) is 8.29. The third kappa shape index (κ3) is 7.21. The summed E-state index contributed by atoms with van der Waals surface area (Å²) >= 11 is 13.7. The summed E-state index contributed by atoms with van der Waals surface area (Å²) in [6.07, 6.45) is 4.62. The van der Waals surface area contributed by atoms with Crippen molar-refractivity contribution in [3.63, 3.8) is 0 Å². The average Bonchev–Trinajstić information content (AvgIpc) is 3.11. The maximum Gasteiger partial charge on any atom is 0.341 e. The number of halogens is 2. The van der Waals surface area contributed by atoms with Crippen LogP contribution in [0.3, 0.4) is 0 Å². The van der Waals surface area contributed by atoms with Gasteiger partial charge in [-0.3, -0.25) is 9.59 Å². The van der Waals surface area contributed by atoms with Crippen LogP contribution in [0, 0.1) is 0 Å². The maximum absolute atomic E-state index is 12.7. The Bertz CT molecular complexity index is 1420. The standard InChI is InChI=1S/C29H29Cl2N3O5S/c1-3-38-29(37)25-20-8-5-4-6-11-24(20)40-28(25)32-26(35)27(36)34-33-17(2)18-12-14-19(15-13-18)39-16-21-22(30)9-7-10-23(21)31/h7,9-10,12-15H,3-6,8,11,16H2,1-2H3,(H,32,35)(H,34,36)/b33-17+. The minimum Gasteiger partial charge on any atom is -0.489 e. The number of fused-ring (bicyclic) bond motifs is 1. The van der Waals surface area contributed by atoms with Gasteiger partial charge in [0, 0.05) is 20.5 Å². The molecule has 3 aromatic rings. The van der Waals surface area contributed by atoms with Gasteiger partial charge in [0.05, 0.1) is 17.9 Å². The Morgan fingerprint density at radius 3 is 2.38 bits per heavy atom. The minimum atomic E-state index is -0.950. The molecule has 0 aliphatic heterocycles. The summed E-state index contributed by atoms with van der Waals surface area (Å²) in [4.78, 5) is 39.0. The molecular formula is C29H29Cl2N3O5S. The van der Waals surface area contributed by atoms with Gasteiger partial charge in [0.25, 0.3) is 0 Å². The van der Waals surface area contributed by atoms with Crippen LogP contribution in [0.15, 0.2) is 47.6 Å². The lowest BCUT2D eigenvalue weighted by atomic mass is 10.1. The quantitative estimate of drug-likeness (QED) is 0.0999. The topological polar surface area (TPSA) is 106 Å². The fraction of sp³-hybridized carbons (Fsp3) is 0.310. The molecule has 40 heavy (non-hydrogen) atoms. The summed E-state index contributed by atoms with van der Waals surface area (Å²) in [5, 5.41) is 8.04. The molecule has 0 fully saturated rings. The van der Waals surface area contributed by atoms with Gasteiger partial charge in [-0.15, -0.1) is 11.3 Å². The van der Waals surface area contributed by atoms with E-state index in [1.807, 2.05) is 0 Å². The second-order valence-electron chi connectivity index (χ2n) is 9.09. The maximum atomic E-state index is 12.7. The predicted molar refractivity (Wildman–Crippen MR) is 158 cm³/mol. The number of carbonyl (C=O) groups is 3. The van der Waals surface area contributed by atoms with Crippen molar-refractivity contribution in [2.24, 2.45) is 5.10 Å². The molecule has 0 atom stereocenters. The van der Waals surface area contributed by atoms with Gasteiger partial charge >= 0.3 is 17.8 Å². The first-order chi connectivity index (χ1) is 19.3. The molecule has 0 radical (unpaired) electrons. The molecule has 0 saturated heterocycles. The van der Waals surface area contributed by atoms with Crippen molar-refractivity contribution in [3.05, 3.63) is 79.6 Å². The molecule has 0 saturated carbocycles. The summed E-state index contributed by atoms with van der Waals surface area (Å²) < 4.78 is 11.0. The Kier molecular flexibility index (Phi) is 10.2. The summed E-state index contributed by atoms with van der Waals surface area (Å²) in [7, 11) is 0. The normalized spacial score (nSPS) is 13.2. The lowest BCUT2D eigenvalue weighted by Crippen LogP contribution is -2.33. The second-order valence-corrected chi connectivity index (χ2v) is 11.0. The first-order valence-electron chi connectivity index (χ1n) is 12.9. The molecule has 1 aromatic heterocycles. The number of nitrogens with zero attached hydrogens (tertiary/aromatic N) is 1. The number of hydrogen-bond donors (Lipinski definition) is 2. The van der Waals surface area contributed by atoms with E-state index in [-0.39, 0.29) is 13.2 Å². The van der Waals surface area contributed by atoms with Crippen molar-refractivity contribution in [2.75, 3.05) is 11.9 Å². The molecule has 8 nitrogen and oxygen atoms in total. The molecule has 0 bridgehead atoms. The number of hydrazone groups is 1. The number of esters is 1. The number of rotatable bonds is 8. The van der Waals surface area contributed by atoms with E-state index in [1.54, 1.807) is 56.3 Å². The van der Waals surface area contributed by atoms with E-state index in [0.29, 0.717) is 37.6 Å². The number of nitrogens with one attached hydrogen (secondary N) is 2. The molecule has 11 heteroatoms. The highest BCUT2D eigenvalue weighted by atomic mass is 35.5. The zero-order chi connectivity index (χ0) is 28.6. The van der Waals surface area contributed by atoms with Crippen LogP contribution < -0.4 is 15.5 Å². The zero-order valence-electron chi connectivity index (χ0n) is 22.1. The Labute approximate surface area is 246 Å². The van der Waals surface area contributed by atoms with Crippen LogP contribution in [-0.2, 0) is 33.8 Å². The average molecular weight is 603 g/mol. The molecule has 0 spiro atoms. The number of benzene rings is 2. The summed E-state index contributed by atoms with van der Waals surface area (Å²) in [5.41, 5.74) is 5.44. The fourth-order valence-corrected chi connectivity index (χ4v) is 6.06. The second kappa shape index (κ2) is 13.8. The first-order valence-corrected chi connectivity index (χ1v) is 14.5. The van der Waals surface area contributed by atoms with Crippen molar-refractivity contribution in [1.29, 1.82) is 0 Å². The van der Waals surface area contributed by atoms with Gasteiger partial charge in [-0.1, -0.05) is 35.7 Å². The van der Waals surface area contributed by atoms with Gasteiger partial charge in [-0.25, -0.2) is 10.2 Å². The van der Waals surface area contributed by atoms with Crippen molar-refractivity contribution >= 4 is 63.0 Å². The van der Waals surface area contributed by atoms with Crippen LogP contribution in [0.2, 0.25) is 10.0 Å². The number of anilines is 1. The third-order valence-electron chi connectivity index (χ3n) is 6.38. The van der Waals surface area contributed by atoms with E-state index in [2.05, 4.69) is 15.8 Å². The van der Waals surface area contributed by atoms with Crippen LogP contribution in [0.25, 0.3) is 0 Å². The highest BCUT2D eigenvalue weighted by molar-refractivity contribution is 7.17. The smallest absolute Gasteiger partial charge is 0.341 e. The fourth-order valence-electron chi connectivity index (χ4n) is 4.28. The van der Waals surface area contributed by atoms with Crippen LogP contribution in [0.1, 0.15) is 65.0 Å². The van der Waals surface area contributed by atoms with Gasteiger partial charge in [-0.2, -0.15) is 5.10 Å². The van der Waals surface area contributed by atoms with Gasteiger partial charge < -0.3 is 14.8 Å². The number of hydrogen-bond acceptors (Lipinski definition) is 7. The van der Waals surface area contributed by atoms with Crippen LogP contribution in [0.5, 0.6) is 5.75 Å². The van der Waals surface area contributed by atoms with Gasteiger partial charge in [0.2, 0.25) is 0 Å². The lowest BCUT2D eigenvalue weighted by molar-refractivity contribution is -0.136. The Morgan fingerprint density at radius 1 is 0.975 bits per heavy atom. The molecular weight excluding hydrogens is 573 g/mol. The first kappa shape index (κ1) is 29.6. The van der Waals surface area contributed by atoms with Gasteiger partial charge in [0.1, 0.15) is 17.4 Å². The van der Waals surface area contributed by atoms with Gasteiger partial charge in [0.15, 0.2) is 0 Å². The summed E-state index contributed by atoms with van der Waals surface area (Å²) in [6.45, 7) is 3.86. The molecule has 0 unspecified atom stereocenters. The predicted octanol–water partition coefficient (Wildman–Crippen LogP) is 6.56. The Balaban J connectivity index is 1.38. The highest BCUT2D eigenvalue weighted by Gasteiger charge is 2.28. The van der Waals surface area contributed by atoms with Crippen LogP contribution in [-0.4, -0.2) is 30.1 Å². The molecule has 4 rings (SSSR count). The van der Waals surface area contributed by atoms with Crippen molar-refractivity contribution in [1.82, 2.24) is 5.43 Å². The highest BCUT2D eigenvalue weighted by Crippen LogP contribution is 2.38. The van der Waals surface area contributed by atoms with E-state index in [1.165, 1.54) is 11.3 Å². The van der Waals surface area contributed by atoms with E-state index >= 15 is 0 Å². The lowest BCUT2D eigenvalue weighted by Gasteiger charge is -2.10.